The number of nitrogens with zero attached hydrogens (tertiary/aromatic N) is 1. The fourth-order valence-corrected chi connectivity index (χ4v) is 2.26. The van der Waals surface area contributed by atoms with Crippen molar-refractivity contribution >= 4 is 21.9 Å². The molecule has 0 radical (unpaired) electrons. The maximum absolute atomic E-state index is 10.9. The summed E-state index contributed by atoms with van der Waals surface area (Å²) in [7, 11) is 0. The summed E-state index contributed by atoms with van der Waals surface area (Å²) in [4.78, 5) is 10.9. The van der Waals surface area contributed by atoms with Crippen LogP contribution in [0.5, 0.6) is 0 Å². The number of aromatic nitrogens is 2. The predicted octanol–water partition coefficient (Wildman–Crippen LogP) is 1.68. The lowest BCUT2D eigenvalue weighted by Crippen LogP contribution is -2.17. The Hall–Kier alpha value is -0.840. The molecule has 1 aliphatic carbocycles. The summed E-state index contributed by atoms with van der Waals surface area (Å²) >= 11 is 3.29. The smallest absolute Gasteiger partial charge is 0.312 e. The van der Waals surface area contributed by atoms with Gasteiger partial charge in [0.2, 0.25) is 0 Å². The van der Waals surface area contributed by atoms with Crippen molar-refractivity contribution in [3.05, 3.63) is 15.9 Å². The van der Waals surface area contributed by atoms with Gasteiger partial charge in [-0.25, -0.2) is 0 Å². The van der Waals surface area contributed by atoms with E-state index in [0.29, 0.717) is 6.42 Å². The Labute approximate surface area is 83.5 Å². The van der Waals surface area contributed by atoms with E-state index in [2.05, 4.69) is 26.1 Å². The summed E-state index contributed by atoms with van der Waals surface area (Å²) in [6, 6.07) is 0. The van der Waals surface area contributed by atoms with Gasteiger partial charge < -0.3 is 5.11 Å². The third-order valence-electron chi connectivity index (χ3n) is 2.41. The average Bonchev–Trinajstić information content (AvgIpc) is 2.48. The number of H-pyrrole nitrogens is 1. The van der Waals surface area contributed by atoms with Crippen LogP contribution < -0.4 is 0 Å². The maximum atomic E-state index is 10.9. The minimum Gasteiger partial charge on any atom is -0.481 e. The molecule has 1 aromatic rings. The highest BCUT2D eigenvalue weighted by Gasteiger charge is 2.29. The first-order chi connectivity index (χ1) is 6.20. The number of carbonyl (C=O) groups is 1. The number of nitrogens with one attached hydrogen (secondary N) is 1. The predicted molar refractivity (Wildman–Crippen MR) is 49.6 cm³/mol. The molecule has 0 saturated carbocycles. The number of fused-ring (bicyclic) bond motifs is 1. The van der Waals surface area contributed by atoms with Crippen LogP contribution in [0.4, 0.5) is 0 Å². The first-order valence-electron chi connectivity index (χ1n) is 4.15. The van der Waals surface area contributed by atoms with Gasteiger partial charge in [0.15, 0.2) is 0 Å². The van der Waals surface area contributed by atoms with Crippen LogP contribution in [0.15, 0.2) is 4.60 Å². The molecule has 0 bridgehead atoms. The van der Waals surface area contributed by atoms with E-state index in [4.69, 9.17) is 5.11 Å². The first-order valence-corrected chi connectivity index (χ1v) is 4.95. The fourth-order valence-electron chi connectivity index (χ4n) is 1.76. The van der Waals surface area contributed by atoms with Gasteiger partial charge in [0, 0.05) is 5.56 Å². The zero-order chi connectivity index (χ0) is 9.42. The summed E-state index contributed by atoms with van der Waals surface area (Å²) in [5.41, 5.74) is 1.80. The van der Waals surface area contributed by atoms with Crippen LogP contribution >= 0.6 is 15.9 Å². The number of carboxylic acid groups (broad SMARTS) is 1. The van der Waals surface area contributed by atoms with Crippen molar-refractivity contribution in [1.82, 2.24) is 10.2 Å². The lowest BCUT2D eigenvalue weighted by molar-refractivity contribution is -0.139. The molecule has 2 rings (SSSR count). The minimum atomic E-state index is -0.767. The van der Waals surface area contributed by atoms with E-state index < -0.39 is 11.9 Å². The molecule has 4 nitrogen and oxygen atoms in total. The molecule has 1 aliphatic rings. The van der Waals surface area contributed by atoms with E-state index in [-0.39, 0.29) is 0 Å². The third kappa shape index (κ3) is 1.37. The Balaban J connectivity index is 2.43. The molecule has 5 heteroatoms. The molecule has 1 heterocycles. The van der Waals surface area contributed by atoms with Crippen LogP contribution in [0.1, 0.15) is 30.0 Å². The highest BCUT2D eigenvalue weighted by atomic mass is 79.9. The van der Waals surface area contributed by atoms with E-state index in [0.717, 1.165) is 28.7 Å². The zero-order valence-corrected chi connectivity index (χ0v) is 8.47. The Morgan fingerprint density at radius 2 is 2.46 bits per heavy atom. The van der Waals surface area contributed by atoms with Gasteiger partial charge in [0.1, 0.15) is 4.60 Å². The van der Waals surface area contributed by atoms with Crippen LogP contribution in [0.3, 0.4) is 0 Å². The molecule has 0 amide bonds. The summed E-state index contributed by atoms with van der Waals surface area (Å²) in [6.07, 6.45) is 2.54. The topological polar surface area (TPSA) is 66.0 Å². The molecular formula is C8H9BrN2O2. The van der Waals surface area contributed by atoms with Gasteiger partial charge in [-0.3, -0.25) is 9.89 Å². The van der Waals surface area contributed by atoms with Crippen molar-refractivity contribution in [3.63, 3.8) is 0 Å². The molecule has 1 atom stereocenters. The quantitative estimate of drug-likeness (QED) is 0.790. The molecule has 0 spiro atoms. The van der Waals surface area contributed by atoms with Gasteiger partial charge in [-0.15, -0.1) is 0 Å². The van der Waals surface area contributed by atoms with Gasteiger partial charge >= 0.3 is 5.97 Å². The SMILES string of the molecule is O=C(O)C1CCCc2c(Br)n[nH]c21. The molecule has 1 unspecified atom stereocenters. The van der Waals surface area contributed by atoms with Crippen molar-refractivity contribution in [3.8, 4) is 0 Å². The molecule has 0 saturated heterocycles. The second-order valence-electron chi connectivity index (χ2n) is 3.19. The van der Waals surface area contributed by atoms with Crippen LogP contribution in [-0.2, 0) is 11.2 Å². The number of halogens is 1. The summed E-state index contributed by atoms with van der Waals surface area (Å²) in [6.45, 7) is 0. The Morgan fingerprint density at radius 3 is 3.15 bits per heavy atom. The Kier molecular flexibility index (Phi) is 2.11. The Bertz CT molecular complexity index is 348. The Morgan fingerprint density at radius 1 is 1.69 bits per heavy atom. The van der Waals surface area contributed by atoms with E-state index in [1.807, 2.05) is 0 Å². The molecule has 2 N–H and O–H groups in total. The van der Waals surface area contributed by atoms with Gasteiger partial charge in [-0.1, -0.05) is 0 Å². The van der Waals surface area contributed by atoms with Crippen molar-refractivity contribution in [2.75, 3.05) is 0 Å². The fraction of sp³-hybridized carbons (Fsp3) is 0.500. The molecule has 1 aromatic heterocycles. The zero-order valence-electron chi connectivity index (χ0n) is 6.88. The highest BCUT2D eigenvalue weighted by Crippen LogP contribution is 2.33. The van der Waals surface area contributed by atoms with Gasteiger partial charge in [-0.2, -0.15) is 5.10 Å². The van der Waals surface area contributed by atoms with E-state index >= 15 is 0 Å². The average molecular weight is 245 g/mol. The third-order valence-corrected chi connectivity index (χ3v) is 3.07. The lowest BCUT2D eigenvalue weighted by Gasteiger charge is -2.17. The molecule has 13 heavy (non-hydrogen) atoms. The summed E-state index contributed by atoms with van der Waals surface area (Å²) in [5, 5.41) is 15.7. The largest absolute Gasteiger partial charge is 0.481 e. The second kappa shape index (κ2) is 3.14. The molecule has 0 aliphatic heterocycles. The van der Waals surface area contributed by atoms with Gasteiger partial charge in [0.25, 0.3) is 0 Å². The van der Waals surface area contributed by atoms with E-state index in [9.17, 15) is 4.79 Å². The van der Waals surface area contributed by atoms with Crippen molar-refractivity contribution in [1.29, 1.82) is 0 Å². The number of hydrogen-bond donors (Lipinski definition) is 2. The van der Waals surface area contributed by atoms with E-state index in [1.165, 1.54) is 0 Å². The molecule has 70 valence electrons. The molecule has 0 aromatic carbocycles. The van der Waals surface area contributed by atoms with Crippen LogP contribution in [0.25, 0.3) is 0 Å². The number of carboxylic acids is 1. The van der Waals surface area contributed by atoms with Gasteiger partial charge in [-0.05, 0) is 35.2 Å². The number of rotatable bonds is 1. The molecular weight excluding hydrogens is 236 g/mol. The van der Waals surface area contributed by atoms with Crippen molar-refractivity contribution < 1.29 is 9.90 Å². The minimum absolute atomic E-state index is 0.400. The van der Waals surface area contributed by atoms with Crippen molar-refractivity contribution in [2.45, 2.75) is 25.2 Å². The van der Waals surface area contributed by atoms with Crippen LogP contribution in [0, 0.1) is 0 Å². The first kappa shape index (κ1) is 8.74. The second-order valence-corrected chi connectivity index (χ2v) is 3.94. The maximum Gasteiger partial charge on any atom is 0.312 e. The monoisotopic (exact) mass is 244 g/mol. The van der Waals surface area contributed by atoms with Crippen LogP contribution in [0.2, 0.25) is 0 Å². The normalized spacial score (nSPS) is 21.2. The highest BCUT2D eigenvalue weighted by molar-refractivity contribution is 9.10. The van der Waals surface area contributed by atoms with Crippen LogP contribution in [-0.4, -0.2) is 21.3 Å². The molecule has 0 fully saturated rings. The number of hydrogen-bond acceptors (Lipinski definition) is 2. The van der Waals surface area contributed by atoms with E-state index in [1.54, 1.807) is 0 Å². The lowest BCUT2D eigenvalue weighted by atomic mass is 9.88. The summed E-state index contributed by atoms with van der Waals surface area (Å²) in [5.74, 6) is -1.17. The van der Waals surface area contributed by atoms with Gasteiger partial charge in [0.05, 0.1) is 11.6 Å². The van der Waals surface area contributed by atoms with Crippen molar-refractivity contribution in [2.24, 2.45) is 0 Å². The number of aliphatic carboxylic acids is 1. The number of aromatic amines is 1. The standard InChI is InChI=1S/C8H9BrN2O2/c9-7-4-2-1-3-5(8(12)13)6(4)10-11-7/h5H,1-3H2,(H,10,11)(H,12,13). The summed E-state index contributed by atoms with van der Waals surface area (Å²) < 4.78 is 0.758.